The van der Waals surface area contributed by atoms with Crippen LogP contribution in [0.5, 0.6) is 0 Å². The summed E-state index contributed by atoms with van der Waals surface area (Å²) in [5.74, 6) is 1.60. The van der Waals surface area contributed by atoms with E-state index < -0.39 is 0 Å². The summed E-state index contributed by atoms with van der Waals surface area (Å²) < 4.78 is 0. The Kier molecular flexibility index (Phi) is 4.93. The fourth-order valence-electron chi connectivity index (χ4n) is 3.81. The van der Waals surface area contributed by atoms with Gasteiger partial charge in [0.15, 0.2) is 0 Å². The second-order valence-electron chi connectivity index (χ2n) is 7.62. The van der Waals surface area contributed by atoms with Crippen LogP contribution in [-0.4, -0.2) is 28.0 Å². The number of piperidine rings is 1. The summed E-state index contributed by atoms with van der Waals surface area (Å²) in [7, 11) is 0. The molecule has 1 aliphatic rings. The molecule has 5 heteroatoms. The number of anilines is 1. The Morgan fingerprint density at radius 1 is 1.32 bits per heavy atom. The van der Waals surface area contributed by atoms with Crippen molar-refractivity contribution >= 4 is 5.82 Å². The number of hydrogen-bond donors (Lipinski definition) is 1. The predicted molar refractivity (Wildman–Crippen MR) is 102 cm³/mol. The van der Waals surface area contributed by atoms with Crippen LogP contribution in [0, 0.1) is 19.3 Å². The van der Waals surface area contributed by atoms with E-state index in [0.29, 0.717) is 16.8 Å². The Balaban J connectivity index is 1.82. The molecule has 1 fully saturated rings. The third kappa shape index (κ3) is 3.75. The van der Waals surface area contributed by atoms with E-state index in [1.165, 1.54) is 25.7 Å². The van der Waals surface area contributed by atoms with Gasteiger partial charge in [0.25, 0.3) is 5.56 Å². The third-order valence-electron chi connectivity index (χ3n) is 5.37. The maximum absolute atomic E-state index is 12.0. The van der Waals surface area contributed by atoms with Gasteiger partial charge < -0.3 is 9.88 Å². The van der Waals surface area contributed by atoms with Gasteiger partial charge in [0, 0.05) is 36.1 Å². The molecule has 3 heterocycles. The number of hydrogen-bond acceptors (Lipinski definition) is 4. The number of pyridine rings is 1. The number of nitrogens with one attached hydrogen (secondary N) is 1. The molecular weight excluding hydrogens is 312 g/mol. The van der Waals surface area contributed by atoms with Gasteiger partial charge in [0.2, 0.25) is 0 Å². The average molecular weight is 340 g/mol. The monoisotopic (exact) mass is 340 g/mol. The Hall–Kier alpha value is -2.17. The SMILES string of the molecule is CCCC1(C)CCCN(c2ccc(-c3nc(C)c(C)c(=O)[nH]3)cn2)C1. The topological polar surface area (TPSA) is 61.9 Å². The quantitative estimate of drug-likeness (QED) is 0.918. The van der Waals surface area contributed by atoms with Gasteiger partial charge in [-0.05, 0) is 50.7 Å². The summed E-state index contributed by atoms with van der Waals surface area (Å²) in [6.45, 7) is 10.4. The standard InChI is InChI=1S/C20H28N4O/c1-5-9-20(4)10-6-11-24(13-20)17-8-7-16(12-21-17)18-22-15(3)14(2)19(25)23-18/h7-8,12H,5-6,9-11,13H2,1-4H3,(H,22,23,25). The molecule has 134 valence electrons. The van der Waals surface area contributed by atoms with Crippen molar-refractivity contribution in [3.8, 4) is 11.4 Å². The lowest BCUT2D eigenvalue weighted by Gasteiger charge is -2.41. The molecule has 25 heavy (non-hydrogen) atoms. The molecule has 1 atom stereocenters. The van der Waals surface area contributed by atoms with Gasteiger partial charge in [-0.25, -0.2) is 9.97 Å². The molecule has 2 aromatic heterocycles. The lowest BCUT2D eigenvalue weighted by Crippen LogP contribution is -2.42. The first-order valence-electron chi connectivity index (χ1n) is 9.21. The molecule has 0 amide bonds. The summed E-state index contributed by atoms with van der Waals surface area (Å²) in [4.78, 5) is 26.3. The molecule has 0 saturated carbocycles. The summed E-state index contributed by atoms with van der Waals surface area (Å²) in [5, 5.41) is 0. The van der Waals surface area contributed by atoms with Gasteiger partial charge >= 0.3 is 0 Å². The molecule has 0 spiro atoms. The predicted octanol–water partition coefficient (Wildman–Crippen LogP) is 3.86. The lowest BCUT2D eigenvalue weighted by atomic mass is 9.78. The molecule has 1 aliphatic heterocycles. The first-order chi connectivity index (χ1) is 11.9. The highest BCUT2D eigenvalue weighted by Crippen LogP contribution is 2.35. The van der Waals surface area contributed by atoms with Gasteiger partial charge in [-0.1, -0.05) is 20.3 Å². The number of aromatic amines is 1. The summed E-state index contributed by atoms with van der Waals surface area (Å²) in [5.41, 5.74) is 2.56. The fraction of sp³-hybridized carbons (Fsp3) is 0.550. The normalized spacial score (nSPS) is 20.7. The van der Waals surface area contributed by atoms with E-state index in [-0.39, 0.29) is 5.56 Å². The molecular formula is C20H28N4O. The summed E-state index contributed by atoms with van der Waals surface area (Å²) in [6, 6.07) is 4.04. The highest BCUT2D eigenvalue weighted by molar-refractivity contribution is 5.56. The minimum Gasteiger partial charge on any atom is -0.356 e. The summed E-state index contributed by atoms with van der Waals surface area (Å²) >= 11 is 0. The Bertz CT molecular complexity index is 792. The van der Waals surface area contributed by atoms with E-state index in [9.17, 15) is 4.79 Å². The zero-order valence-electron chi connectivity index (χ0n) is 15.7. The highest BCUT2D eigenvalue weighted by atomic mass is 16.1. The molecule has 0 bridgehead atoms. The Morgan fingerprint density at radius 3 is 2.76 bits per heavy atom. The van der Waals surface area contributed by atoms with E-state index >= 15 is 0 Å². The fourth-order valence-corrected chi connectivity index (χ4v) is 3.81. The van der Waals surface area contributed by atoms with E-state index in [1.54, 1.807) is 6.92 Å². The number of aromatic nitrogens is 3. The zero-order valence-corrected chi connectivity index (χ0v) is 15.7. The van der Waals surface area contributed by atoms with Crippen LogP contribution in [0.15, 0.2) is 23.1 Å². The van der Waals surface area contributed by atoms with E-state index in [0.717, 1.165) is 30.2 Å². The van der Waals surface area contributed by atoms with Crippen molar-refractivity contribution in [3.63, 3.8) is 0 Å². The average Bonchev–Trinajstić information content (AvgIpc) is 2.59. The number of nitrogens with zero attached hydrogens (tertiary/aromatic N) is 3. The Labute approximate surface area is 149 Å². The second kappa shape index (κ2) is 6.98. The van der Waals surface area contributed by atoms with Crippen molar-refractivity contribution < 1.29 is 0 Å². The minimum absolute atomic E-state index is 0.0852. The smallest absolute Gasteiger partial charge is 0.254 e. The Morgan fingerprint density at radius 2 is 2.12 bits per heavy atom. The van der Waals surface area contributed by atoms with Crippen LogP contribution in [0.3, 0.4) is 0 Å². The minimum atomic E-state index is -0.0852. The van der Waals surface area contributed by atoms with Crippen LogP contribution in [0.25, 0.3) is 11.4 Å². The van der Waals surface area contributed by atoms with Crippen molar-refractivity contribution in [3.05, 3.63) is 39.9 Å². The largest absolute Gasteiger partial charge is 0.356 e. The lowest BCUT2D eigenvalue weighted by molar-refractivity contribution is 0.238. The number of aryl methyl sites for hydroxylation is 1. The first-order valence-corrected chi connectivity index (χ1v) is 9.21. The van der Waals surface area contributed by atoms with Gasteiger partial charge in [-0.2, -0.15) is 0 Å². The zero-order chi connectivity index (χ0) is 18.0. The molecule has 1 saturated heterocycles. The molecule has 1 N–H and O–H groups in total. The van der Waals surface area contributed by atoms with Gasteiger partial charge in [-0.15, -0.1) is 0 Å². The van der Waals surface area contributed by atoms with Crippen molar-refractivity contribution in [2.75, 3.05) is 18.0 Å². The molecule has 0 aliphatic carbocycles. The van der Waals surface area contributed by atoms with E-state index in [2.05, 4.69) is 33.7 Å². The van der Waals surface area contributed by atoms with Crippen LogP contribution >= 0.6 is 0 Å². The van der Waals surface area contributed by atoms with Crippen molar-refractivity contribution in [2.45, 2.75) is 53.4 Å². The van der Waals surface area contributed by atoms with Crippen LogP contribution in [0.1, 0.15) is 50.8 Å². The summed E-state index contributed by atoms with van der Waals surface area (Å²) in [6.07, 6.45) is 6.81. The van der Waals surface area contributed by atoms with Crippen LogP contribution < -0.4 is 10.5 Å². The first kappa shape index (κ1) is 17.6. The van der Waals surface area contributed by atoms with Crippen molar-refractivity contribution in [2.24, 2.45) is 5.41 Å². The maximum atomic E-state index is 12.0. The van der Waals surface area contributed by atoms with Gasteiger partial charge in [0.05, 0.1) is 0 Å². The van der Waals surface area contributed by atoms with Crippen molar-refractivity contribution in [1.29, 1.82) is 0 Å². The number of rotatable bonds is 4. The number of H-pyrrole nitrogens is 1. The van der Waals surface area contributed by atoms with E-state index in [1.807, 2.05) is 25.3 Å². The molecule has 0 radical (unpaired) electrons. The molecule has 1 unspecified atom stereocenters. The van der Waals surface area contributed by atoms with E-state index in [4.69, 9.17) is 0 Å². The van der Waals surface area contributed by atoms with Gasteiger partial charge in [0.1, 0.15) is 11.6 Å². The van der Waals surface area contributed by atoms with Crippen LogP contribution in [0.2, 0.25) is 0 Å². The third-order valence-corrected chi connectivity index (χ3v) is 5.37. The van der Waals surface area contributed by atoms with Crippen molar-refractivity contribution in [1.82, 2.24) is 15.0 Å². The molecule has 0 aromatic carbocycles. The molecule has 3 rings (SSSR count). The van der Waals surface area contributed by atoms with Crippen LogP contribution in [-0.2, 0) is 0 Å². The second-order valence-corrected chi connectivity index (χ2v) is 7.62. The van der Waals surface area contributed by atoms with Gasteiger partial charge in [-0.3, -0.25) is 4.79 Å². The molecule has 2 aromatic rings. The highest BCUT2D eigenvalue weighted by Gasteiger charge is 2.30. The maximum Gasteiger partial charge on any atom is 0.254 e. The van der Waals surface area contributed by atoms with Crippen LogP contribution in [0.4, 0.5) is 5.82 Å². The molecule has 5 nitrogen and oxygen atoms in total.